The van der Waals surface area contributed by atoms with Crippen LogP contribution in [0.1, 0.15) is 38.6 Å². The van der Waals surface area contributed by atoms with Gasteiger partial charge in [0.15, 0.2) is 0 Å². The summed E-state index contributed by atoms with van der Waals surface area (Å²) in [6.45, 7) is 4.37. The Morgan fingerprint density at radius 2 is 2.18 bits per heavy atom. The fraction of sp³-hybridized carbons (Fsp3) is 0.429. The normalized spacial score (nSPS) is 12.5. The molecule has 0 aliphatic carbocycles. The molecule has 0 fully saturated rings. The minimum Gasteiger partial charge on any atom is -0.324 e. The van der Waals surface area contributed by atoms with Crippen molar-refractivity contribution in [2.45, 2.75) is 39.2 Å². The van der Waals surface area contributed by atoms with Gasteiger partial charge < -0.3 is 4.57 Å². The van der Waals surface area contributed by atoms with Crippen molar-refractivity contribution in [3.63, 3.8) is 0 Å². The SMILES string of the molecule is CCCC(C)n1c(CC#N)nc2ccccc21. The molecule has 88 valence electrons. The van der Waals surface area contributed by atoms with E-state index in [4.69, 9.17) is 5.26 Å². The van der Waals surface area contributed by atoms with Crippen LogP contribution in [0, 0.1) is 11.3 Å². The third-order valence-electron chi connectivity index (χ3n) is 3.05. The summed E-state index contributed by atoms with van der Waals surface area (Å²) >= 11 is 0. The predicted molar refractivity (Wildman–Crippen MR) is 68.7 cm³/mol. The molecule has 2 rings (SSSR count). The smallest absolute Gasteiger partial charge is 0.124 e. The Kier molecular flexibility index (Phi) is 3.43. The Morgan fingerprint density at radius 1 is 1.41 bits per heavy atom. The zero-order valence-electron chi connectivity index (χ0n) is 10.3. The van der Waals surface area contributed by atoms with Crippen molar-refractivity contribution in [3.05, 3.63) is 30.1 Å². The number of aromatic nitrogens is 2. The van der Waals surface area contributed by atoms with Crippen molar-refractivity contribution >= 4 is 11.0 Å². The Balaban J connectivity index is 2.56. The molecule has 17 heavy (non-hydrogen) atoms. The molecule has 0 spiro atoms. The lowest BCUT2D eigenvalue weighted by molar-refractivity contribution is 0.499. The molecule has 0 aliphatic rings. The van der Waals surface area contributed by atoms with Crippen molar-refractivity contribution in [1.82, 2.24) is 9.55 Å². The molecule has 2 aromatic rings. The van der Waals surface area contributed by atoms with Gasteiger partial charge in [0.05, 0.1) is 23.5 Å². The van der Waals surface area contributed by atoms with Crippen LogP contribution in [0.2, 0.25) is 0 Å². The maximum atomic E-state index is 8.88. The molecule has 1 atom stereocenters. The van der Waals surface area contributed by atoms with Crippen LogP contribution >= 0.6 is 0 Å². The molecule has 0 amide bonds. The van der Waals surface area contributed by atoms with Crippen molar-refractivity contribution in [3.8, 4) is 6.07 Å². The number of benzene rings is 1. The van der Waals surface area contributed by atoms with E-state index in [1.165, 1.54) is 0 Å². The van der Waals surface area contributed by atoms with Gasteiger partial charge in [0, 0.05) is 6.04 Å². The number of fused-ring (bicyclic) bond motifs is 1. The first-order chi connectivity index (χ1) is 8.27. The van der Waals surface area contributed by atoms with Crippen molar-refractivity contribution < 1.29 is 0 Å². The van der Waals surface area contributed by atoms with Gasteiger partial charge in [0.2, 0.25) is 0 Å². The van der Waals surface area contributed by atoms with Crippen LogP contribution in [0.5, 0.6) is 0 Å². The number of nitriles is 1. The highest BCUT2D eigenvalue weighted by Gasteiger charge is 2.14. The van der Waals surface area contributed by atoms with Gasteiger partial charge in [0.25, 0.3) is 0 Å². The topological polar surface area (TPSA) is 41.6 Å². The second-order valence-electron chi connectivity index (χ2n) is 4.36. The largest absolute Gasteiger partial charge is 0.324 e. The van der Waals surface area contributed by atoms with Gasteiger partial charge in [-0.2, -0.15) is 5.26 Å². The number of imidazole rings is 1. The van der Waals surface area contributed by atoms with E-state index in [0.29, 0.717) is 12.5 Å². The van der Waals surface area contributed by atoms with Crippen LogP contribution in [0.15, 0.2) is 24.3 Å². The molecule has 1 aromatic heterocycles. The Bertz CT molecular complexity index is 548. The Hall–Kier alpha value is -1.82. The van der Waals surface area contributed by atoms with Crippen LogP contribution in [-0.4, -0.2) is 9.55 Å². The second kappa shape index (κ2) is 5.01. The molecule has 1 heterocycles. The maximum absolute atomic E-state index is 8.88. The molecule has 0 saturated heterocycles. The summed E-state index contributed by atoms with van der Waals surface area (Å²) in [4.78, 5) is 4.55. The summed E-state index contributed by atoms with van der Waals surface area (Å²) in [5.41, 5.74) is 2.12. The predicted octanol–water partition coefficient (Wildman–Crippen LogP) is 3.46. The molecule has 1 unspecified atom stereocenters. The van der Waals surface area contributed by atoms with E-state index < -0.39 is 0 Å². The van der Waals surface area contributed by atoms with Gasteiger partial charge >= 0.3 is 0 Å². The third kappa shape index (κ3) is 2.16. The van der Waals surface area contributed by atoms with Crippen LogP contribution in [0.4, 0.5) is 0 Å². The van der Waals surface area contributed by atoms with E-state index in [2.05, 4.69) is 35.5 Å². The minimum atomic E-state index is 0.378. The molecule has 3 nitrogen and oxygen atoms in total. The molecule has 0 bridgehead atoms. The van der Waals surface area contributed by atoms with Crippen molar-refractivity contribution in [1.29, 1.82) is 5.26 Å². The van der Waals surface area contributed by atoms with Crippen LogP contribution < -0.4 is 0 Å². The first-order valence-electron chi connectivity index (χ1n) is 6.10. The van der Waals surface area contributed by atoms with Gasteiger partial charge in [-0.3, -0.25) is 0 Å². The summed E-state index contributed by atoms with van der Waals surface area (Å²) in [6.07, 6.45) is 2.63. The minimum absolute atomic E-state index is 0.378. The molecule has 0 N–H and O–H groups in total. The first-order valence-corrected chi connectivity index (χ1v) is 6.10. The first kappa shape index (κ1) is 11.7. The quantitative estimate of drug-likeness (QED) is 0.802. The number of nitrogens with zero attached hydrogens (tertiary/aromatic N) is 3. The number of para-hydroxylation sites is 2. The lowest BCUT2D eigenvalue weighted by atomic mass is 10.2. The number of hydrogen-bond donors (Lipinski definition) is 0. The lowest BCUT2D eigenvalue weighted by Crippen LogP contribution is -2.08. The monoisotopic (exact) mass is 227 g/mol. The molecule has 1 aromatic carbocycles. The van der Waals surface area contributed by atoms with E-state index in [0.717, 1.165) is 29.7 Å². The summed E-state index contributed by atoms with van der Waals surface area (Å²) in [6, 6.07) is 10.7. The van der Waals surface area contributed by atoms with Crippen molar-refractivity contribution in [2.75, 3.05) is 0 Å². The van der Waals surface area contributed by atoms with Gasteiger partial charge in [-0.15, -0.1) is 0 Å². The van der Waals surface area contributed by atoms with Gasteiger partial charge in [-0.25, -0.2) is 4.98 Å². The fourth-order valence-corrected chi connectivity index (χ4v) is 2.33. The number of rotatable bonds is 4. The van der Waals surface area contributed by atoms with Crippen LogP contribution in [0.3, 0.4) is 0 Å². The van der Waals surface area contributed by atoms with E-state index >= 15 is 0 Å². The van der Waals surface area contributed by atoms with Crippen LogP contribution in [0.25, 0.3) is 11.0 Å². The van der Waals surface area contributed by atoms with E-state index in [1.54, 1.807) is 0 Å². The zero-order chi connectivity index (χ0) is 12.3. The van der Waals surface area contributed by atoms with E-state index in [-0.39, 0.29) is 0 Å². The highest BCUT2D eigenvalue weighted by molar-refractivity contribution is 5.76. The molecular formula is C14H17N3. The average molecular weight is 227 g/mol. The van der Waals surface area contributed by atoms with Crippen LogP contribution in [-0.2, 0) is 6.42 Å². The molecular weight excluding hydrogens is 210 g/mol. The zero-order valence-corrected chi connectivity index (χ0v) is 10.3. The molecule has 0 aliphatic heterocycles. The fourth-order valence-electron chi connectivity index (χ4n) is 2.33. The summed E-state index contributed by atoms with van der Waals surface area (Å²) < 4.78 is 2.21. The lowest BCUT2D eigenvalue weighted by Gasteiger charge is -2.15. The average Bonchev–Trinajstić information content (AvgIpc) is 2.67. The van der Waals surface area contributed by atoms with Gasteiger partial charge in [0.1, 0.15) is 5.82 Å². The highest BCUT2D eigenvalue weighted by Crippen LogP contribution is 2.24. The summed E-state index contributed by atoms with van der Waals surface area (Å²) in [5.74, 6) is 0.884. The van der Waals surface area contributed by atoms with E-state index in [1.807, 2.05) is 18.2 Å². The van der Waals surface area contributed by atoms with Crippen molar-refractivity contribution in [2.24, 2.45) is 0 Å². The Morgan fingerprint density at radius 3 is 2.88 bits per heavy atom. The highest BCUT2D eigenvalue weighted by atomic mass is 15.1. The van der Waals surface area contributed by atoms with E-state index in [9.17, 15) is 0 Å². The summed E-state index contributed by atoms with van der Waals surface area (Å²) in [5, 5.41) is 8.88. The third-order valence-corrected chi connectivity index (χ3v) is 3.05. The number of hydrogen-bond acceptors (Lipinski definition) is 2. The molecule has 3 heteroatoms. The van der Waals surface area contributed by atoms with Gasteiger partial charge in [-0.1, -0.05) is 25.5 Å². The summed E-state index contributed by atoms with van der Waals surface area (Å²) in [7, 11) is 0. The second-order valence-corrected chi connectivity index (χ2v) is 4.36. The Labute approximate surface area is 102 Å². The standard InChI is InChI=1S/C14H17N3/c1-3-6-11(2)17-13-8-5-4-7-12(13)16-14(17)9-10-15/h4-5,7-8,11H,3,6,9H2,1-2H3. The molecule has 0 saturated carbocycles. The molecule has 0 radical (unpaired) electrons. The van der Waals surface area contributed by atoms with Gasteiger partial charge in [-0.05, 0) is 25.5 Å². The maximum Gasteiger partial charge on any atom is 0.124 e.